The van der Waals surface area contributed by atoms with Crippen molar-refractivity contribution in [3.05, 3.63) is 42.2 Å². The third kappa shape index (κ3) is 4.04. The minimum Gasteiger partial charge on any atom is -0.355 e. The molecule has 1 saturated carbocycles. The van der Waals surface area contributed by atoms with E-state index in [1.54, 1.807) is 36.0 Å². The third-order valence-electron chi connectivity index (χ3n) is 4.41. The van der Waals surface area contributed by atoms with Crippen molar-refractivity contribution in [3.63, 3.8) is 0 Å². The van der Waals surface area contributed by atoms with Crippen LogP contribution in [0.1, 0.15) is 25.6 Å². The van der Waals surface area contributed by atoms with Crippen LogP contribution in [0.25, 0.3) is 5.69 Å². The Morgan fingerprint density at radius 2 is 2.16 bits per heavy atom. The van der Waals surface area contributed by atoms with Gasteiger partial charge in [-0.25, -0.2) is 9.37 Å². The lowest BCUT2D eigenvalue weighted by Gasteiger charge is -2.10. The summed E-state index contributed by atoms with van der Waals surface area (Å²) >= 11 is 0. The smallest absolute Gasteiger partial charge is 0.226 e. The van der Waals surface area contributed by atoms with E-state index in [0.717, 1.165) is 6.42 Å². The summed E-state index contributed by atoms with van der Waals surface area (Å²) in [6.07, 6.45) is 4.34. The Labute approximate surface area is 145 Å². The Kier molecular flexibility index (Phi) is 4.83. The normalized spacial score (nSPS) is 18.7. The van der Waals surface area contributed by atoms with Gasteiger partial charge in [0.1, 0.15) is 11.6 Å². The Hall–Kier alpha value is -2.70. The molecule has 3 rings (SSSR count). The van der Waals surface area contributed by atoms with E-state index in [4.69, 9.17) is 0 Å². The largest absolute Gasteiger partial charge is 0.355 e. The Balaban J connectivity index is 1.52. The number of rotatable bonds is 6. The number of benzene rings is 1. The predicted molar refractivity (Wildman–Crippen MR) is 91.8 cm³/mol. The van der Waals surface area contributed by atoms with E-state index in [1.165, 1.54) is 6.07 Å². The van der Waals surface area contributed by atoms with Crippen LogP contribution >= 0.6 is 0 Å². The van der Waals surface area contributed by atoms with Gasteiger partial charge in [-0.1, -0.05) is 6.92 Å². The Morgan fingerprint density at radius 1 is 1.40 bits per heavy atom. The maximum atomic E-state index is 14.3. The SMILES string of the molecule is Cc1nccn1-c1ccc(NC(=O)CCNC(=O)[C@@H]2C[C@@H]2C)cc1F. The molecule has 0 spiro atoms. The zero-order valence-electron chi connectivity index (χ0n) is 14.3. The van der Waals surface area contributed by atoms with Gasteiger partial charge in [-0.3, -0.25) is 9.59 Å². The van der Waals surface area contributed by atoms with Gasteiger partial charge in [-0.15, -0.1) is 0 Å². The summed E-state index contributed by atoms with van der Waals surface area (Å²) in [5, 5.41) is 5.39. The molecule has 0 unspecified atom stereocenters. The molecule has 2 N–H and O–H groups in total. The predicted octanol–water partition coefficient (Wildman–Crippen LogP) is 2.42. The van der Waals surface area contributed by atoms with E-state index >= 15 is 0 Å². The summed E-state index contributed by atoms with van der Waals surface area (Å²) in [4.78, 5) is 27.7. The van der Waals surface area contributed by atoms with Crippen molar-refractivity contribution >= 4 is 17.5 Å². The highest BCUT2D eigenvalue weighted by Crippen LogP contribution is 2.37. The van der Waals surface area contributed by atoms with Crippen LogP contribution in [0.4, 0.5) is 10.1 Å². The number of aryl methyl sites for hydroxylation is 1. The van der Waals surface area contributed by atoms with Crippen molar-refractivity contribution in [1.29, 1.82) is 0 Å². The molecule has 7 heteroatoms. The summed E-state index contributed by atoms with van der Waals surface area (Å²) in [7, 11) is 0. The van der Waals surface area contributed by atoms with Crippen LogP contribution in [0.2, 0.25) is 0 Å². The molecule has 0 radical (unpaired) electrons. The fraction of sp³-hybridized carbons (Fsp3) is 0.389. The molecule has 2 amide bonds. The molecular weight excluding hydrogens is 323 g/mol. The second-order valence-electron chi connectivity index (χ2n) is 6.42. The Bertz CT molecular complexity index is 802. The molecule has 25 heavy (non-hydrogen) atoms. The van der Waals surface area contributed by atoms with E-state index in [0.29, 0.717) is 23.1 Å². The molecule has 0 saturated heterocycles. The number of carbonyl (C=O) groups excluding carboxylic acids is 2. The lowest BCUT2D eigenvalue weighted by molar-refractivity contribution is -0.122. The molecule has 1 aliphatic rings. The van der Waals surface area contributed by atoms with Crippen LogP contribution in [0.5, 0.6) is 0 Å². The highest BCUT2D eigenvalue weighted by atomic mass is 19.1. The molecule has 1 aromatic heterocycles. The number of nitrogens with zero attached hydrogens (tertiary/aromatic N) is 2. The third-order valence-corrected chi connectivity index (χ3v) is 4.41. The first kappa shape index (κ1) is 17.1. The van der Waals surface area contributed by atoms with Crippen molar-refractivity contribution in [2.24, 2.45) is 11.8 Å². The summed E-state index contributed by atoms with van der Waals surface area (Å²) in [6.45, 7) is 4.09. The molecule has 1 fully saturated rings. The van der Waals surface area contributed by atoms with Crippen molar-refractivity contribution in [1.82, 2.24) is 14.9 Å². The van der Waals surface area contributed by atoms with Gasteiger partial charge in [0.05, 0.1) is 5.69 Å². The molecule has 2 aromatic rings. The van der Waals surface area contributed by atoms with E-state index in [-0.39, 0.29) is 30.7 Å². The fourth-order valence-corrected chi connectivity index (χ4v) is 2.75. The van der Waals surface area contributed by atoms with Crippen LogP contribution in [0.3, 0.4) is 0 Å². The molecule has 2 atom stereocenters. The number of hydrogen-bond acceptors (Lipinski definition) is 3. The topological polar surface area (TPSA) is 76.0 Å². The molecule has 1 aromatic carbocycles. The minimum absolute atomic E-state index is 0.00593. The minimum atomic E-state index is -0.449. The van der Waals surface area contributed by atoms with Crippen LogP contribution in [0, 0.1) is 24.6 Å². The summed E-state index contributed by atoms with van der Waals surface area (Å²) in [6, 6.07) is 4.51. The average molecular weight is 344 g/mol. The van der Waals surface area contributed by atoms with Crippen LogP contribution in [-0.4, -0.2) is 27.9 Å². The van der Waals surface area contributed by atoms with Gasteiger partial charge in [0.2, 0.25) is 11.8 Å². The van der Waals surface area contributed by atoms with Crippen molar-refractivity contribution < 1.29 is 14.0 Å². The van der Waals surface area contributed by atoms with Crippen LogP contribution < -0.4 is 10.6 Å². The fourth-order valence-electron chi connectivity index (χ4n) is 2.75. The molecule has 0 bridgehead atoms. The number of aromatic nitrogens is 2. The average Bonchev–Trinajstić information content (AvgIpc) is 3.14. The van der Waals surface area contributed by atoms with Crippen LogP contribution in [0.15, 0.2) is 30.6 Å². The highest BCUT2D eigenvalue weighted by molar-refractivity contribution is 5.91. The molecule has 132 valence electrons. The van der Waals surface area contributed by atoms with Crippen molar-refractivity contribution in [3.8, 4) is 5.69 Å². The standard InChI is InChI=1S/C18H21FN4O2/c1-11-9-14(11)18(25)21-6-5-17(24)22-13-3-4-16(15(19)10-13)23-8-7-20-12(23)2/h3-4,7-8,10-11,14H,5-6,9H2,1-2H3,(H,21,25)(H,22,24)/t11-,14+/m0/s1. The quantitative estimate of drug-likeness (QED) is 0.845. The lowest BCUT2D eigenvalue weighted by Crippen LogP contribution is -2.29. The van der Waals surface area contributed by atoms with E-state index < -0.39 is 5.82 Å². The number of amides is 2. The molecular formula is C18H21FN4O2. The second kappa shape index (κ2) is 7.04. The van der Waals surface area contributed by atoms with Gasteiger partial charge in [-0.2, -0.15) is 0 Å². The monoisotopic (exact) mass is 344 g/mol. The summed E-state index contributed by atoms with van der Waals surface area (Å²) in [5.74, 6) is 0.499. The number of carbonyl (C=O) groups is 2. The lowest BCUT2D eigenvalue weighted by atomic mass is 10.2. The number of nitrogens with one attached hydrogen (secondary N) is 2. The number of hydrogen-bond donors (Lipinski definition) is 2. The second-order valence-corrected chi connectivity index (χ2v) is 6.42. The molecule has 1 aliphatic carbocycles. The maximum Gasteiger partial charge on any atom is 0.226 e. The van der Waals surface area contributed by atoms with Gasteiger partial charge in [0, 0.05) is 37.0 Å². The van der Waals surface area contributed by atoms with Gasteiger partial charge in [-0.05, 0) is 37.5 Å². The van der Waals surface area contributed by atoms with Gasteiger partial charge >= 0.3 is 0 Å². The first-order valence-electron chi connectivity index (χ1n) is 8.33. The van der Waals surface area contributed by atoms with Crippen LogP contribution in [-0.2, 0) is 9.59 Å². The first-order chi connectivity index (χ1) is 12.0. The van der Waals surface area contributed by atoms with E-state index in [2.05, 4.69) is 15.6 Å². The number of anilines is 1. The number of imidazole rings is 1. The van der Waals surface area contributed by atoms with Gasteiger partial charge < -0.3 is 15.2 Å². The summed E-state index contributed by atoms with van der Waals surface area (Å²) in [5.41, 5.74) is 0.755. The highest BCUT2D eigenvalue weighted by Gasteiger charge is 2.38. The van der Waals surface area contributed by atoms with Crippen molar-refractivity contribution in [2.45, 2.75) is 26.7 Å². The van der Waals surface area contributed by atoms with Gasteiger partial charge in [0.25, 0.3) is 0 Å². The number of halogens is 1. The molecule has 6 nitrogen and oxygen atoms in total. The molecule has 1 heterocycles. The summed E-state index contributed by atoms with van der Waals surface area (Å²) < 4.78 is 15.9. The Morgan fingerprint density at radius 3 is 2.76 bits per heavy atom. The van der Waals surface area contributed by atoms with Crippen molar-refractivity contribution in [2.75, 3.05) is 11.9 Å². The first-order valence-corrected chi connectivity index (χ1v) is 8.33. The maximum absolute atomic E-state index is 14.3. The zero-order valence-corrected chi connectivity index (χ0v) is 14.3. The van der Waals surface area contributed by atoms with E-state index in [9.17, 15) is 14.0 Å². The molecule has 0 aliphatic heterocycles. The zero-order chi connectivity index (χ0) is 18.0. The van der Waals surface area contributed by atoms with E-state index in [1.807, 2.05) is 6.92 Å². The van der Waals surface area contributed by atoms with Gasteiger partial charge in [0.15, 0.2) is 0 Å².